The van der Waals surface area contributed by atoms with Gasteiger partial charge in [0.05, 0.1) is 17.0 Å². The van der Waals surface area contributed by atoms with E-state index in [0.29, 0.717) is 11.6 Å². The summed E-state index contributed by atoms with van der Waals surface area (Å²) >= 11 is 4.87. The molecule has 0 saturated heterocycles. The molecule has 0 aromatic carbocycles. The lowest BCUT2D eigenvalue weighted by molar-refractivity contribution is -0.124. The van der Waals surface area contributed by atoms with Gasteiger partial charge in [-0.15, -0.1) is 0 Å². The molecular weight excluding hydrogens is 200 g/mol. The predicted molar refractivity (Wildman–Crippen MR) is 57.9 cm³/mol. The van der Waals surface area contributed by atoms with Crippen LogP contribution in [0.5, 0.6) is 0 Å². The SMILES string of the molecule is COCC(C)NC(=O)C1(C(N)=S)CC1. The van der Waals surface area contributed by atoms with Crippen molar-refractivity contribution < 1.29 is 9.53 Å². The number of ether oxygens (including phenoxy) is 1. The van der Waals surface area contributed by atoms with Crippen molar-refractivity contribution in [1.29, 1.82) is 0 Å². The predicted octanol–water partition coefficient (Wildman–Crippen LogP) is 0.204. The van der Waals surface area contributed by atoms with Gasteiger partial charge in [-0.3, -0.25) is 4.79 Å². The summed E-state index contributed by atoms with van der Waals surface area (Å²) in [5.74, 6) is -0.0606. The minimum absolute atomic E-state index is 0.000625. The van der Waals surface area contributed by atoms with E-state index in [1.54, 1.807) is 7.11 Å². The van der Waals surface area contributed by atoms with Gasteiger partial charge in [0.15, 0.2) is 0 Å². The second kappa shape index (κ2) is 4.23. The Balaban J connectivity index is 2.46. The Hall–Kier alpha value is -0.680. The Bertz CT molecular complexity index is 251. The molecule has 0 heterocycles. The van der Waals surface area contributed by atoms with Gasteiger partial charge in [0, 0.05) is 13.2 Å². The molecule has 4 nitrogen and oxygen atoms in total. The van der Waals surface area contributed by atoms with Crippen molar-refractivity contribution in [3.8, 4) is 0 Å². The van der Waals surface area contributed by atoms with Gasteiger partial charge in [0.1, 0.15) is 0 Å². The van der Waals surface area contributed by atoms with E-state index in [9.17, 15) is 4.79 Å². The number of hydrogen-bond donors (Lipinski definition) is 2. The summed E-state index contributed by atoms with van der Waals surface area (Å²) < 4.78 is 4.92. The van der Waals surface area contributed by atoms with Crippen molar-refractivity contribution in [2.45, 2.75) is 25.8 Å². The molecule has 0 bridgehead atoms. The van der Waals surface area contributed by atoms with Gasteiger partial charge in [-0.2, -0.15) is 0 Å². The van der Waals surface area contributed by atoms with Crippen LogP contribution in [0, 0.1) is 5.41 Å². The minimum Gasteiger partial charge on any atom is -0.392 e. The Morgan fingerprint density at radius 1 is 1.71 bits per heavy atom. The van der Waals surface area contributed by atoms with E-state index in [2.05, 4.69) is 5.32 Å². The topological polar surface area (TPSA) is 64.3 Å². The first-order valence-electron chi connectivity index (χ1n) is 4.63. The lowest BCUT2D eigenvalue weighted by Crippen LogP contribution is -2.44. The molecule has 5 heteroatoms. The molecule has 14 heavy (non-hydrogen) atoms. The highest BCUT2D eigenvalue weighted by Crippen LogP contribution is 2.46. The molecule has 1 saturated carbocycles. The molecule has 1 aliphatic rings. The standard InChI is InChI=1S/C9H16N2O2S/c1-6(5-13-2)11-8(12)9(3-4-9)7(10)14/h6H,3-5H2,1-2H3,(H2,10,14)(H,11,12). The number of amides is 1. The van der Waals surface area contributed by atoms with Crippen LogP contribution in [0.3, 0.4) is 0 Å². The van der Waals surface area contributed by atoms with Crippen LogP contribution in [0.15, 0.2) is 0 Å². The van der Waals surface area contributed by atoms with E-state index in [1.165, 1.54) is 0 Å². The Kier molecular flexibility index (Phi) is 3.44. The van der Waals surface area contributed by atoms with Crippen LogP contribution in [0.2, 0.25) is 0 Å². The highest BCUT2D eigenvalue weighted by atomic mass is 32.1. The quantitative estimate of drug-likeness (QED) is 0.645. The van der Waals surface area contributed by atoms with Crippen LogP contribution < -0.4 is 11.1 Å². The normalized spacial score (nSPS) is 19.9. The number of thiocarbonyl (C=S) groups is 1. The Morgan fingerprint density at radius 3 is 2.64 bits per heavy atom. The first-order valence-corrected chi connectivity index (χ1v) is 5.03. The minimum atomic E-state index is -0.558. The first-order chi connectivity index (χ1) is 6.53. The molecule has 0 aromatic rings. The molecule has 0 radical (unpaired) electrons. The van der Waals surface area contributed by atoms with Gasteiger partial charge < -0.3 is 15.8 Å². The van der Waals surface area contributed by atoms with E-state index >= 15 is 0 Å². The van der Waals surface area contributed by atoms with Gasteiger partial charge >= 0.3 is 0 Å². The smallest absolute Gasteiger partial charge is 0.233 e. The number of carbonyl (C=O) groups is 1. The first kappa shape index (κ1) is 11.4. The van der Waals surface area contributed by atoms with E-state index in [0.717, 1.165) is 12.8 Å². The van der Waals surface area contributed by atoms with Crippen molar-refractivity contribution in [1.82, 2.24) is 5.32 Å². The summed E-state index contributed by atoms with van der Waals surface area (Å²) in [6, 6.07) is -0.000625. The third-order valence-electron chi connectivity index (χ3n) is 2.45. The van der Waals surface area contributed by atoms with Crippen molar-refractivity contribution in [3.63, 3.8) is 0 Å². The second-order valence-electron chi connectivity index (χ2n) is 3.78. The fraction of sp³-hybridized carbons (Fsp3) is 0.778. The zero-order valence-electron chi connectivity index (χ0n) is 8.50. The number of nitrogens with one attached hydrogen (secondary N) is 1. The number of methoxy groups -OCH3 is 1. The molecular formula is C9H16N2O2S. The van der Waals surface area contributed by atoms with E-state index in [4.69, 9.17) is 22.7 Å². The molecule has 0 spiro atoms. The summed E-state index contributed by atoms with van der Waals surface area (Å²) in [5.41, 5.74) is 4.96. The van der Waals surface area contributed by atoms with Crippen molar-refractivity contribution in [3.05, 3.63) is 0 Å². The zero-order chi connectivity index (χ0) is 10.8. The number of carbonyl (C=O) groups excluding carboxylic acids is 1. The number of rotatable bonds is 5. The molecule has 1 aliphatic carbocycles. The molecule has 1 unspecified atom stereocenters. The molecule has 1 amide bonds. The summed E-state index contributed by atoms with van der Waals surface area (Å²) in [5, 5.41) is 2.83. The molecule has 0 aromatic heterocycles. The average Bonchev–Trinajstić information content (AvgIpc) is 2.83. The monoisotopic (exact) mass is 216 g/mol. The van der Waals surface area contributed by atoms with Gasteiger partial charge in [0.25, 0.3) is 0 Å². The maximum atomic E-state index is 11.7. The largest absolute Gasteiger partial charge is 0.392 e. The third kappa shape index (κ3) is 2.22. The fourth-order valence-corrected chi connectivity index (χ4v) is 1.66. The van der Waals surface area contributed by atoms with Crippen LogP contribution in [-0.2, 0) is 9.53 Å². The van der Waals surface area contributed by atoms with Gasteiger partial charge in [-0.25, -0.2) is 0 Å². The summed E-state index contributed by atoms with van der Waals surface area (Å²) in [6.45, 7) is 2.39. The maximum Gasteiger partial charge on any atom is 0.233 e. The lowest BCUT2D eigenvalue weighted by Gasteiger charge is -2.17. The molecule has 0 aliphatic heterocycles. The number of nitrogens with two attached hydrogens (primary N) is 1. The van der Waals surface area contributed by atoms with Crippen LogP contribution in [0.4, 0.5) is 0 Å². The molecule has 80 valence electrons. The molecule has 1 rings (SSSR count). The third-order valence-corrected chi connectivity index (χ3v) is 2.84. The van der Waals surface area contributed by atoms with Crippen LogP contribution in [0.25, 0.3) is 0 Å². The number of hydrogen-bond acceptors (Lipinski definition) is 3. The van der Waals surface area contributed by atoms with Crippen LogP contribution >= 0.6 is 12.2 Å². The van der Waals surface area contributed by atoms with Crippen molar-refractivity contribution >= 4 is 23.1 Å². The summed E-state index contributed by atoms with van der Waals surface area (Å²) in [6.07, 6.45) is 1.54. The molecule has 1 fully saturated rings. The second-order valence-corrected chi connectivity index (χ2v) is 4.22. The lowest BCUT2D eigenvalue weighted by atomic mass is 10.1. The van der Waals surface area contributed by atoms with Crippen molar-refractivity contribution in [2.24, 2.45) is 11.1 Å². The van der Waals surface area contributed by atoms with Crippen LogP contribution in [0.1, 0.15) is 19.8 Å². The van der Waals surface area contributed by atoms with E-state index in [-0.39, 0.29) is 11.9 Å². The Morgan fingerprint density at radius 2 is 2.29 bits per heavy atom. The summed E-state index contributed by atoms with van der Waals surface area (Å²) in [4.78, 5) is 12.0. The van der Waals surface area contributed by atoms with Gasteiger partial charge in [-0.1, -0.05) is 12.2 Å². The van der Waals surface area contributed by atoms with Crippen molar-refractivity contribution in [2.75, 3.05) is 13.7 Å². The summed E-state index contributed by atoms with van der Waals surface area (Å²) in [7, 11) is 1.60. The van der Waals surface area contributed by atoms with E-state index < -0.39 is 5.41 Å². The highest BCUT2D eigenvalue weighted by Gasteiger charge is 2.52. The Labute approximate surface area is 89.2 Å². The fourth-order valence-electron chi connectivity index (χ4n) is 1.36. The van der Waals surface area contributed by atoms with Gasteiger partial charge in [0.2, 0.25) is 5.91 Å². The zero-order valence-corrected chi connectivity index (χ0v) is 9.32. The van der Waals surface area contributed by atoms with Gasteiger partial charge in [-0.05, 0) is 19.8 Å². The average molecular weight is 216 g/mol. The molecule has 1 atom stereocenters. The van der Waals surface area contributed by atoms with E-state index in [1.807, 2.05) is 6.92 Å². The highest BCUT2D eigenvalue weighted by molar-refractivity contribution is 7.80. The molecule has 3 N–H and O–H groups in total. The van der Waals surface area contributed by atoms with Crippen LogP contribution in [-0.4, -0.2) is 30.7 Å². The maximum absolute atomic E-state index is 11.7.